The summed E-state index contributed by atoms with van der Waals surface area (Å²) in [7, 11) is -1.65. The molecule has 0 bridgehead atoms. The van der Waals surface area contributed by atoms with Gasteiger partial charge < -0.3 is 0 Å². The van der Waals surface area contributed by atoms with Crippen LogP contribution in [0.2, 0.25) is 0 Å². The zero-order valence-corrected chi connectivity index (χ0v) is 11.0. The van der Waals surface area contributed by atoms with Crippen molar-refractivity contribution in [1.29, 1.82) is 0 Å². The molecule has 0 atom stereocenters. The molecule has 20 heavy (non-hydrogen) atoms. The van der Waals surface area contributed by atoms with Crippen molar-refractivity contribution < 1.29 is 0 Å². The van der Waals surface area contributed by atoms with E-state index < -0.39 is 8.22 Å². The van der Waals surface area contributed by atoms with Gasteiger partial charge in [-0.05, 0) is 17.5 Å². The Hall–Kier alpha value is -3.11. The molecule has 0 saturated heterocycles. The van der Waals surface area contributed by atoms with Gasteiger partial charge in [-0.2, -0.15) is 13.1 Å². The van der Waals surface area contributed by atoms with E-state index in [0.717, 1.165) is 10.5 Å². The van der Waals surface area contributed by atoms with E-state index in [2.05, 4.69) is 19.1 Å². The lowest BCUT2D eigenvalue weighted by molar-refractivity contribution is 1.29. The molecule has 0 heterocycles. The smallest absolute Gasteiger partial charge is 0.225 e. The number of hydrogen-bond acceptors (Lipinski definition) is 1. The summed E-state index contributed by atoms with van der Waals surface area (Å²) in [4.78, 5) is 6.32. The molecule has 2 aromatic rings. The first-order chi connectivity index (χ1) is 9.76. The van der Waals surface area contributed by atoms with Crippen molar-refractivity contribution in [2.75, 3.05) is 5.12 Å². The SMILES string of the molecule is [C-]#[N+]N([N+]#[C-])c1cccc2cccc(P([N+]#[C-])[N+]#[C-])c12. The molecule has 0 spiro atoms. The number of anilines is 1. The maximum absolute atomic E-state index is 7.15. The van der Waals surface area contributed by atoms with Crippen LogP contribution in [-0.2, 0) is 0 Å². The van der Waals surface area contributed by atoms with Crippen molar-refractivity contribution in [3.8, 4) is 0 Å². The molecule has 0 aliphatic carbocycles. The van der Waals surface area contributed by atoms with Crippen LogP contribution >= 0.6 is 8.22 Å². The van der Waals surface area contributed by atoms with Crippen LogP contribution in [0.3, 0.4) is 0 Å². The van der Waals surface area contributed by atoms with Crippen LogP contribution in [0, 0.1) is 26.3 Å². The maximum atomic E-state index is 7.15. The molecule has 0 unspecified atom stereocenters. The van der Waals surface area contributed by atoms with Crippen molar-refractivity contribution in [2.24, 2.45) is 0 Å². The molecule has 0 fully saturated rings. The van der Waals surface area contributed by atoms with Gasteiger partial charge in [0.1, 0.15) is 0 Å². The number of rotatable bonds is 2. The van der Waals surface area contributed by atoms with Crippen molar-refractivity contribution in [3.05, 3.63) is 81.8 Å². The van der Waals surface area contributed by atoms with Crippen molar-refractivity contribution in [1.82, 2.24) is 0 Å². The lowest BCUT2D eigenvalue weighted by Crippen LogP contribution is -2.07. The first kappa shape index (κ1) is 13.3. The summed E-state index contributed by atoms with van der Waals surface area (Å²) in [5, 5.41) is 2.90. The molecule has 2 rings (SSSR count). The zero-order chi connectivity index (χ0) is 14.5. The van der Waals surface area contributed by atoms with E-state index in [0.29, 0.717) is 16.4 Å². The predicted octanol–water partition coefficient (Wildman–Crippen LogP) is 4.09. The van der Waals surface area contributed by atoms with Gasteiger partial charge in [-0.25, -0.2) is 22.4 Å². The molecule has 0 aromatic heterocycles. The van der Waals surface area contributed by atoms with E-state index in [1.807, 2.05) is 12.1 Å². The van der Waals surface area contributed by atoms with Gasteiger partial charge in [-0.3, -0.25) is 0 Å². The molecule has 0 aliphatic heterocycles. The second-order valence-corrected chi connectivity index (χ2v) is 5.09. The highest BCUT2D eigenvalue weighted by molar-refractivity contribution is 7.70. The summed E-state index contributed by atoms with van der Waals surface area (Å²) in [5.74, 6) is 0. The van der Waals surface area contributed by atoms with Gasteiger partial charge in [0.05, 0.1) is 0 Å². The van der Waals surface area contributed by atoms with Gasteiger partial charge in [0.25, 0.3) is 0 Å². The molecule has 6 heteroatoms. The second-order valence-electron chi connectivity index (χ2n) is 3.63. The molecule has 0 saturated carbocycles. The third-order valence-corrected chi connectivity index (χ3v) is 3.85. The molecule has 5 nitrogen and oxygen atoms in total. The second kappa shape index (κ2) is 5.69. The Morgan fingerprint density at radius 2 is 1.45 bits per heavy atom. The molecular formula is C14H6N5P. The van der Waals surface area contributed by atoms with E-state index in [4.69, 9.17) is 26.3 Å². The summed E-state index contributed by atoms with van der Waals surface area (Å²) in [6.45, 7) is 28.4. The van der Waals surface area contributed by atoms with Gasteiger partial charge in [-0.15, -0.1) is 0 Å². The Balaban J connectivity index is 2.87. The average Bonchev–Trinajstić information content (AvgIpc) is 2.50. The van der Waals surface area contributed by atoms with Crippen LogP contribution in [0.25, 0.3) is 29.9 Å². The van der Waals surface area contributed by atoms with Crippen LogP contribution in [-0.4, -0.2) is 0 Å². The van der Waals surface area contributed by atoms with E-state index in [-0.39, 0.29) is 0 Å². The highest BCUT2D eigenvalue weighted by Crippen LogP contribution is 2.42. The minimum absolute atomic E-state index is 0.419. The van der Waals surface area contributed by atoms with Crippen LogP contribution in [0.1, 0.15) is 0 Å². The fourth-order valence-corrected chi connectivity index (χ4v) is 2.82. The number of fused-ring (bicyclic) bond motifs is 1. The largest absolute Gasteiger partial charge is 0.695 e. The molecule has 0 aliphatic rings. The molecule has 2 aromatic carbocycles. The number of benzene rings is 2. The Morgan fingerprint density at radius 1 is 0.850 bits per heavy atom. The highest BCUT2D eigenvalue weighted by atomic mass is 31.1. The quantitative estimate of drug-likeness (QED) is 0.459. The first-order valence-corrected chi connectivity index (χ1v) is 6.63. The predicted molar refractivity (Wildman–Crippen MR) is 79.4 cm³/mol. The number of nitrogens with zero attached hydrogens (tertiary/aromatic N) is 5. The van der Waals surface area contributed by atoms with Crippen molar-refractivity contribution >= 4 is 30.0 Å². The molecule has 0 amide bonds. The van der Waals surface area contributed by atoms with Crippen molar-refractivity contribution in [3.63, 3.8) is 0 Å². The topological polar surface area (TPSA) is 20.7 Å². The lowest BCUT2D eigenvalue weighted by atomic mass is 10.1. The fraction of sp³-hybridized carbons (Fsp3) is 0. The van der Waals surface area contributed by atoms with Gasteiger partial charge >= 0.3 is 8.22 Å². The zero-order valence-electron chi connectivity index (χ0n) is 10.1. The summed E-state index contributed by atoms with van der Waals surface area (Å²) in [6.07, 6.45) is 0. The maximum Gasteiger partial charge on any atom is 0.695 e. The summed E-state index contributed by atoms with van der Waals surface area (Å²) in [5.41, 5.74) is 0.419. The van der Waals surface area contributed by atoms with E-state index >= 15 is 0 Å². The monoisotopic (exact) mass is 275 g/mol. The van der Waals surface area contributed by atoms with Crippen LogP contribution in [0.5, 0.6) is 0 Å². The summed E-state index contributed by atoms with van der Waals surface area (Å²) in [6, 6.07) is 10.6. The first-order valence-electron chi connectivity index (χ1n) is 5.38. The Bertz CT molecular complexity index is 737. The number of hydrogen-bond donors (Lipinski definition) is 0. The van der Waals surface area contributed by atoms with Crippen LogP contribution in [0.15, 0.2) is 36.4 Å². The van der Waals surface area contributed by atoms with Crippen LogP contribution < -0.4 is 10.4 Å². The highest BCUT2D eigenvalue weighted by Gasteiger charge is 2.34. The summed E-state index contributed by atoms with van der Waals surface area (Å²) < 4.78 is 6.73. The van der Waals surface area contributed by atoms with E-state index in [9.17, 15) is 0 Å². The third kappa shape index (κ3) is 2.11. The van der Waals surface area contributed by atoms with E-state index in [1.165, 1.54) is 0 Å². The molecular weight excluding hydrogens is 269 g/mol. The fourth-order valence-electron chi connectivity index (χ4n) is 1.90. The summed E-state index contributed by atoms with van der Waals surface area (Å²) >= 11 is 0. The Labute approximate surface area is 117 Å². The standard InChI is InChI=1S/C14H6N5P/c1-15-19(16-2)12-9-5-7-11-8-6-10-13(14(11)12)20(17-3)18-4/h5-10H. The third-order valence-electron chi connectivity index (χ3n) is 2.67. The Kier molecular flexibility index (Phi) is 3.79. The van der Waals surface area contributed by atoms with Gasteiger partial charge in [0, 0.05) is 5.39 Å². The van der Waals surface area contributed by atoms with Crippen molar-refractivity contribution in [2.45, 2.75) is 0 Å². The van der Waals surface area contributed by atoms with Gasteiger partial charge in [0.2, 0.25) is 10.8 Å². The minimum Gasteiger partial charge on any atom is -0.225 e. The normalized spacial score (nSPS) is 9.25. The molecule has 0 radical (unpaired) electrons. The van der Waals surface area contributed by atoms with E-state index in [1.54, 1.807) is 24.3 Å². The lowest BCUT2D eigenvalue weighted by Gasteiger charge is -2.03. The minimum atomic E-state index is -1.65. The average molecular weight is 275 g/mol. The molecule has 0 N–H and O–H groups in total. The molecule has 92 valence electrons. The van der Waals surface area contributed by atoms with Gasteiger partial charge in [0.15, 0.2) is 5.30 Å². The van der Waals surface area contributed by atoms with Gasteiger partial charge in [-0.1, -0.05) is 34.2 Å². The van der Waals surface area contributed by atoms with Crippen LogP contribution in [0.4, 0.5) is 5.69 Å². The Morgan fingerprint density at radius 3 is 2.00 bits per heavy atom.